The molecule has 5 nitrogen and oxygen atoms in total. The third-order valence-electron chi connectivity index (χ3n) is 3.52. The maximum atomic E-state index is 11.9. The molecule has 0 radical (unpaired) electrons. The number of benzene rings is 2. The predicted octanol–water partition coefficient (Wildman–Crippen LogP) is 2.98. The van der Waals surface area contributed by atoms with Crippen molar-refractivity contribution in [2.45, 2.75) is 19.8 Å². The maximum absolute atomic E-state index is 11.9. The van der Waals surface area contributed by atoms with Crippen molar-refractivity contribution < 1.29 is 19.1 Å². The molecule has 0 saturated carbocycles. The van der Waals surface area contributed by atoms with Crippen LogP contribution in [0.3, 0.4) is 0 Å². The van der Waals surface area contributed by atoms with Crippen molar-refractivity contribution in [3.05, 3.63) is 59.7 Å². The quantitative estimate of drug-likeness (QED) is 0.794. The minimum atomic E-state index is -0.456. The van der Waals surface area contributed by atoms with Crippen LogP contribution in [0.15, 0.2) is 48.5 Å². The van der Waals surface area contributed by atoms with Gasteiger partial charge in [-0.1, -0.05) is 37.3 Å². The average Bonchev–Trinajstić information content (AvgIpc) is 2.60. The first-order chi connectivity index (χ1) is 11.6. The molecule has 2 rings (SSSR count). The minimum Gasteiger partial charge on any atom is -0.497 e. The normalized spacial score (nSPS) is 10.1. The molecule has 0 saturated heterocycles. The zero-order valence-electron chi connectivity index (χ0n) is 13.9. The average molecular weight is 327 g/mol. The van der Waals surface area contributed by atoms with Gasteiger partial charge in [0.05, 0.1) is 13.5 Å². The molecular weight excluding hydrogens is 306 g/mol. The Kier molecular flexibility index (Phi) is 6.37. The van der Waals surface area contributed by atoms with E-state index >= 15 is 0 Å². The number of ether oxygens (including phenoxy) is 2. The summed E-state index contributed by atoms with van der Waals surface area (Å²) in [6.45, 7) is 1.71. The first-order valence-corrected chi connectivity index (χ1v) is 7.78. The van der Waals surface area contributed by atoms with Crippen molar-refractivity contribution in [2.24, 2.45) is 0 Å². The van der Waals surface area contributed by atoms with Gasteiger partial charge in [-0.15, -0.1) is 0 Å². The third-order valence-corrected chi connectivity index (χ3v) is 3.52. The van der Waals surface area contributed by atoms with Crippen LogP contribution in [-0.2, 0) is 27.2 Å². The van der Waals surface area contributed by atoms with Gasteiger partial charge in [0.25, 0.3) is 5.91 Å². The van der Waals surface area contributed by atoms with Gasteiger partial charge in [-0.25, -0.2) is 0 Å². The van der Waals surface area contributed by atoms with Crippen LogP contribution in [0.1, 0.15) is 18.1 Å². The Morgan fingerprint density at radius 3 is 2.62 bits per heavy atom. The number of para-hydroxylation sites is 1. The second-order valence-corrected chi connectivity index (χ2v) is 5.25. The van der Waals surface area contributed by atoms with Gasteiger partial charge in [0.1, 0.15) is 5.75 Å². The maximum Gasteiger partial charge on any atom is 0.310 e. The van der Waals surface area contributed by atoms with Gasteiger partial charge in [-0.3, -0.25) is 9.59 Å². The highest BCUT2D eigenvalue weighted by Crippen LogP contribution is 2.15. The molecule has 0 spiro atoms. The molecule has 0 atom stereocenters. The molecule has 1 N–H and O–H groups in total. The summed E-state index contributed by atoms with van der Waals surface area (Å²) in [5, 5.41) is 2.76. The Bertz CT molecular complexity index is 712. The number of esters is 1. The van der Waals surface area contributed by atoms with Crippen LogP contribution >= 0.6 is 0 Å². The van der Waals surface area contributed by atoms with Crippen LogP contribution in [-0.4, -0.2) is 25.6 Å². The third kappa shape index (κ3) is 5.12. The Hall–Kier alpha value is -2.82. The van der Waals surface area contributed by atoms with Gasteiger partial charge in [0.2, 0.25) is 0 Å². The Morgan fingerprint density at radius 2 is 1.88 bits per heavy atom. The fraction of sp³-hybridized carbons (Fsp3) is 0.263. The molecule has 1 amide bonds. The monoisotopic (exact) mass is 327 g/mol. The Labute approximate surface area is 141 Å². The lowest BCUT2D eigenvalue weighted by Gasteiger charge is -2.10. The molecule has 0 aliphatic rings. The van der Waals surface area contributed by atoms with Gasteiger partial charge in [0.15, 0.2) is 6.61 Å². The molecule has 2 aromatic carbocycles. The fourth-order valence-corrected chi connectivity index (χ4v) is 2.28. The molecule has 126 valence electrons. The van der Waals surface area contributed by atoms with E-state index in [4.69, 9.17) is 9.47 Å². The lowest BCUT2D eigenvalue weighted by molar-refractivity contribution is -0.146. The van der Waals surface area contributed by atoms with Crippen LogP contribution in [0.25, 0.3) is 0 Å². The van der Waals surface area contributed by atoms with Gasteiger partial charge >= 0.3 is 5.97 Å². The zero-order valence-corrected chi connectivity index (χ0v) is 13.9. The van der Waals surface area contributed by atoms with Crippen LogP contribution in [0.4, 0.5) is 5.69 Å². The van der Waals surface area contributed by atoms with E-state index in [9.17, 15) is 9.59 Å². The van der Waals surface area contributed by atoms with Crippen LogP contribution < -0.4 is 10.1 Å². The molecule has 0 aliphatic carbocycles. The number of hydrogen-bond donors (Lipinski definition) is 1. The summed E-state index contributed by atoms with van der Waals surface area (Å²) in [5.74, 6) is -0.133. The molecular formula is C19H21NO4. The summed E-state index contributed by atoms with van der Waals surface area (Å²) < 4.78 is 10.1. The highest BCUT2D eigenvalue weighted by atomic mass is 16.5. The summed E-state index contributed by atoms with van der Waals surface area (Å²) in [6, 6.07) is 14.7. The van der Waals surface area contributed by atoms with Crippen LogP contribution in [0, 0.1) is 0 Å². The number of amides is 1. The van der Waals surface area contributed by atoms with Gasteiger partial charge in [0, 0.05) is 5.69 Å². The number of anilines is 1. The number of rotatable bonds is 7. The first-order valence-electron chi connectivity index (χ1n) is 7.78. The number of methoxy groups -OCH3 is 1. The zero-order chi connectivity index (χ0) is 17.4. The highest BCUT2D eigenvalue weighted by molar-refractivity contribution is 5.93. The van der Waals surface area contributed by atoms with Gasteiger partial charge in [-0.2, -0.15) is 0 Å². The molecule has 2 aromatic rings. The topological polar surface area (TPSA) is 64.6 Å². The van der Waals surface area contributed by atoms with Gasteiger partial charge < -0.3 is 14.8 Å². The molecule has 0 aliphatic heterocycles. The van der Waals surface area contributed by atoms with E-state index in [1.54, 1.807) is 31.4 Å². The molecule has 0 fully saturated rings. The number of carbonyl (C=O) groups is 2. The van der Waals surface area contributed by atoms with Crippen molar-refractivity contribution in [2.75, 3.05) is 19.0 Å². The predicted molar refractivity (Wildman–Crippen MR) is 92.1 cm³/mol. The van der Waals surface area contributed by atoms with Crippen molar-refractivity contribution in [3.8, 4) is 5.75 Å². The van der Waals surface area contributed by atoms with E-state index in [0.717, 1.165) is 23.2 Å². The number of hydrogen-bond acceptors (Lipinski definition) is 4. The molecule has 24 heavy (non-hydrogen) atoms. The Morgan fingerprint density at radius 1 is 1.08 bits per heavy atom. The SMILES string of the molecule is CCc1ccccc1NC(=O)COC(=O)Cc1cccc(OC)c1. The molecule has 0 bridgehead atoms. The first kappa shape index (κ1) is 17.5. The van der Waals surface area contributed by atoms with E-state index in [1.165, 1.54) is 0 Å². The molecule has 5 heteroatoms. The summed E-state index contributed by atoms with van der Waals surface area (Å²) in [4.78, 5) is 23.8. The summed E-state index contributed by atoms with van der Waals surface area (Å²) in [7, 11) is 1.57. The van der Waals surface area contributed by atoms with E-state index in [0.29, 0.717) is 5.75 Å². The van der Waals surface area contributed by atoms with Crippen LogP contribution in [0.2, 0.25) is 0 Å². The molecule has 0 heterocycles. The summed E-state index contributed by atoms with van der Waals surface area (Å²) >= 11 is 0. The molecule has 0 unspecified atom stereocenters. The molecule has 0 aromatic heterocycles. The number of carbonyl (C=O) groups excluding carboxylic acids is 2. The van der Waals surface area contributed by atoms with Crippen LogP contribution in [0.5, 0.6) is 5.75 Å². The van der Waals surface area contributed by atoms with Crippen molar-refractivity contribution >= 4 is 17.6 Å². The number of aryl methyl sites for hydroxylation is 1. The highest BCUT2D eigenvalue weighted by Gasteiger charge is 2.10. The lowest BCUT2D eigenvalue weighted by atomic mass is 10.1. The van der Waals surface area contributed by atoms with E-state index in [1.807, 2.05) is 31.2 Å². The smallest absolute Gasteiger partial charge is 0.310 e. The summed E-state index contributed by atoms with van der Waals surface area (Å²) in [6.07, 6.45) is 0.905. The standard InChI is InChI=1S/C19H21NO4/c1-3-15-8-4-5-10-17(15)20-18(21)13-24-19(22)12-14-7-6-9-16(11-14)23-2/h4-11H,3,12-13H2,1-2H3,(H,20,21). The van der Waals surface area contributed by atoms with Crippen molar-refractivity contribution in [1.82, 2.24) is 0 Å². The lowest BCUT2D eigenvalue weighted by Crippen LogP contribution is -2.22. The van der Waals surface area contributed by atoms with Gasteiger partial charge in [-0.05, 0) is 35.7 Å². The van der Waals surface area contributed by atoms with Crippen molar-refractivity contribution in [3.63, 3.8) is 0 Å². The van der Waals surface area contributed by atoms with Crippen molar-refractivity contribution in [1.29, 1.82) is 0 Å². The second-order valence-electron chi connectivity index (χ2n) is 5.25. The second kappa shape index (κ2) is 8.72. The number of nitrogens with one attached hydrogen (secondary N) is 1. The summed E-state index contributed by atoms with van der Waals surface area (Å²) in [5.41, 5.74) is 2.55. The Balaban J connectivity index is 1.83. The fourth-order valence-electron chi connectivity index (χ4n) is 2.28. The van der Waals surface area contributed by atoms with E-state index in [2.05, 4.69) is 5.32 Å². The van der Waals surface area contributed by atoms with E-state index < -0.39 is 5.97 Å². The van der Waals surface area contributed by atoms with E-state index in [-0.39, 0.29) is 18.9 Å². The largest absolute Gasteiger partial charge is 0.497 e. The minimum absolute atomic E-state index is 0.0933.